The second-order valence-electron chi connectivity index (χ2n) is 4.75. The predicted octanol–water partition coefficient (Wildman–Crippen LogP) is 2.34. The molecule has 0 unspecified atom stereocenters. The SMILES string of the molecule is c1nc2cc(-c3ocnc3CC3CC3)ccn2n1. The van der Waals surface area contributed by atoms with E-state index in [9.17, 15) is 0 Å². The molecule has 3 heterocycles. The molecule has 0 saturated heterocycles. The average Bonchev–Trinajstić information content (AvgIpc) is 2.91. The third kappa shape index (κ3) is 1.59. The standard InChI is InChI=1S/C13H12N4O/c1-2-9(1)5-11-13(18-8-15-11)10-3-4-17-12(6-10)14-7-16-17/h3-4,6-9H,1-2,5H2. The van der Waals surface area contributed by atoms with Crippen LogP contribution in [-0.2, 0) is 6.42 Å². The lowest BCUT2D eigenvalue weighted by atomic mass is 10.1. The van der Waals surface area contributed by atoms with Crippen molar-refractivity contribution in [2.45, 2.75) is 19.3 Å². The van der Waals surface area contributed by atoms with Crippen molar-refractivity contribution < 1.29 is 4.42 Å². The zero-order chi connectivity index (χ0) is 11.9. The van der Waals surface area contributed by atoms with Crippen LogP contribution >= 0.6 is 0 Å². The highest BCUT2D eigenvalue weighted by molar-refractivity contribution is 5.64. The van der Waals surface area contributed by atoms with E-state index in [1.807, 2.05) is 18.3 Å². The number of hydrogen-bond donors (Lipinski definition) is 0. The van der Waals surface area contributed by atoms with Crippen LogP contribution in [0.2, 0.25) is 0 Å². The highest BCUT2D eigenvalue weighted by Gasteiger charge is 2.25. The van der Waals surface area contributed by atoms with Gasteiger partial charge in [0.1, 0.15) is 6.33 Å². The van der Waals surface area contributed by atoms with Crippen molar-refractivity contribution in [3.8, 4) is 11.3 Å². The molecule has 1 saturated carbocycles. The summed E-state index contributed by atoms with van der Waals surface area (Å²) < 4.78 is 7.27. The van der Waals surface area contributed by atoms with Gasteiger partial charge < -0.3 is 4.42 Å². The molecular formula is C13H12N4O. The van der Waals surface area contributed by atoms with E-state index in [0.29, 0.717) is 0 Å². The first kappa shape index (κ1) is 9.82. The van der Waals surface area contributed by atoms with Crippen LogP contribution in [0.3, 0.4) is 0 Å². The Morgan fingerprint density at radius 3 is 3.17 bits per heavy atom. The summed E-state index contributed by atoms with van der Waals surface area (Å²) in [7, 11) is 0. The summed E-state index contributed by atoms with van der Waals surface area (Å²) in [6.07, 6.45) is 8.61. The van der Waals surface area contributed by atoms with Crippen LogP contribution in [-0.4, -0.2) is 19.6 Å². The summed E-state index contributed by atoms with van der Waals surface area (Å²) in [5.74, 6) is 1.66. The van der Waals surface area contributed by atoms with Crippen molar-refractivity contribution in [2.75, 3.05) is 0 Å². The van der Waals surface area contributed by atoms with E-state index in [4.69, 9.17) is 4.42 Å². The van der Waals surface area contributed by atoms with E-state index in [1.54, 1.807) is 10.8 Å². The van der Waals surface area contributed by atoms with Gasteiger partial charge in [0.25, 0.3) is 0 Å². The molecule has 1 fully saturated rings. The summed E-state index contributed by atoms with van der Waals surface area (Å²) in [4.78, 5) is 8.51. The first-order valence-corrected chi connectivity index (χ1v) is 6.12. The Morgan fingerprint density at radius 1 is 1.33 bits per heavy atom. The van der Waals surface area contributed by atoms with Crippen LogP contribution in [0.25, 0.3) is 17.0 Å². The molecule has 1 aliphatic rings. The Kier molecular flexibility index (Phi) is 2.00. The van der Waals surface area contributed by atoms with Gasteiger partial charge in [0.15, 0.2) is 17.8 Å². The Labute approximate surface area is 103 Å². The molecule has 0 bridgehead atoms. The molecule has 5 nitrogen and oxygen atoms in total. The van der Waals surface area contributed by atoms with Crippen molar-refractivity contribution in [3.05, 3.63) is 36.7 Å². The van der Waals surface area contributed by atoms with Gasteiger partial charge in [-0.1, -0.05) is 0 Å². The van der Waals surface area contributed by atoms with Crippen LogP contribution < -0.4 is 0 Å². The molecule has 4 rings (SSSR count). The maximum atomic E-state index is 5.54. The van der Waals surface area contributed by atoms with Gasteiger partial charge in [-0.2, -0.15) is 5.10 Å². The lowest BCUT2D eigenvalue weighted by molar-refractivity contribution is 0.570. The second-order valence-corrected chi connectivity index (χ2v) is 4.75. The largest absolute Gasteiger partial charge is 0.443 e. The molecule has 0 aliphatic heterocycles. The van der Waals surface area contributed by atoms with E-state index >= 15 is 0 Å². The Bertz CT molecular complexity index is 696. The van der Waals surface area contributed by atoms with Gasteiger partial charge in [0.05, 0.1) is 5.69 Å². The molecule has 0 spiro atoms. The van der Waals surface area contributed by atoms with Gasteiger partial charge in [0, 0.05) is 11.8 Å². The predicted molar refractivity (Wildman–Crippen MR) is 64.9 cm³/mol. The number of oxazole rings is 1. The fourth-order valence-corrected chi connectivity index (χ4v) is 2.20. The van der Waals surface area contributed by atoms with Gasteiger partial charge in [-0.3, -0.25) is 0 Å². The molecule has 0 N–H and O–H groups in total. The number of hydrogen-bond acceptors (Lipinski definition) is 4. The van der Waals surface area contributed by atoms with Gasteiger partial charge in [-0.25, -0.2) is 14.5 Å². The first-order chi connectivity index (χ1) is 8.90. The van der Waals surface area contributed by atoms with Crippen LogP contribution in [0.5, 0.6) is 0 Å². The molecule has 3 aromatic rings. The molecular weight excluding hydrogens is 228 g/mol. The van der Waals surface area contributed by atoms with Crippen LogP contribution in [0.15, 0.2) is 35.5 Å². The second kappa shape index (κ2) is 3.66. The Morgan fingerprint density at radius 2 is 2.28 bits per heavy atom. The summed E-state index contributed by atoms with van der Waals surface area (Å²) in [6.45, 7) is 0. The van der Waals surface area contributed by atoms with Crippen LogP contribution in [0.1, 0.15) is 18.5 Å². The molecule has 0 aromatic carbocycles. The highest BCUT2D eigenvalue weighted by atomic mass is 16.3. The van der Waals surface area contributed by atoms with Crippen molar-refractivity contribution in [2.24, 2.45) is 5.92 Å². The van der Waals surface area contributed by atoms with Crippen molar-refractivity contribution in [1.29, 1.82) is 0 Å². The molecule has 1 aliphatic carbocycles. The van der Waals surface area contributed by atoms with Gasteiger partial charge in [-0.15, -0.1) is 0 Å². The van der Waals surface area contributed by atoms with E-state index in [1.165, 1.54) is 19.2 Å². The lowest BCUT2D eigenvalue weighted by Crippen LogP contribution is -1.92. The molecule has 5 heteroatoms. The fourth-order valence-electron chi connectivity index (χ4n) is 2.20. The summed E-state index contributed by atoms with van der Waals surface area (Å²) in [6, 6.07) is 3.96. The minimum Gasteiger partial charge on any atom is -0.443 e. The third-order valence-electron chi connectivity index (χ3n) is 3.36. The molecule has 3 aromatic heterocycles. The normalized spacial score (nSPS) is 15.3. The van der Waals surface area contributed by atoms with E-state index in [2.05, 4.69) is 15.1 Å². The van der Waals surface area contributed by atoms with Gasteiger partial charge in [0.2, 0.25) is 0 Å². The Hall–Kier alpha value is -2.17. The molecule has 0 radical (unpaired) electrons. The van der Waals surface area contributed by atoms with Gasteiger partial charge in [-0.05, 0) is 37.3 Å². The zero-order valence-electron chi connectivity index (χ0n) is 9.78. The number of pyridine rings is 1. The summed E-state index contributed by atoms with van der Waals surface area (Å²) >= 11 is 0. The highest BCUT2D eigenvalue weighted by Crippen LogP contribution is 2.35. The first-order valence-electron chi connectivity index (χ1n) is 6.12. The van der Waals surface area contributed by atoms with Crippen molar-refractivity contribution in [1.82, 2.24) is 19.6 Å². The monoisotopic (exact) mass is 240 g/mol. The molecule has 90 valence electrons. The number of fused-ring (bicyclic) bond motifs is 1. The van der Waals surface area contributed by atoms with Crippen molar-refractivity contribution in [3.63, 3.8) is 0 Å². The van der Waals surface area contributed by atoms with Crippen molar-refractivity contribution >= 4 is 5.65 Å². The van der Waals surface area contributed by atoms with E-state index in [0.717, 1.165) is 35.0 Å². The van der Waals surface area contributed by atoms with Gasteiger partial charge >= 0.3 is 0 Å². The lowest BCUT2D eigenvalue weighted by Gasteiger charge is -2.01. The van der Waals surface area contributed by atoms with Crippen LogP contribution in [0, 0.1) is 5.92 Å². The minimum atomic E-state index is 0.797. The number of rotatable bonds is 3. The molecule has 18 heavy (non-hydrogen) atoms. The number of nitrogens with zero attached hydrogens (tertiary/aromatic N) is 4. The zero-order valence-corrected chi connectivity index (χ0v) is 9.78. The fraction of sp³-hybridized carbons (Fsp3) is 0.308. The number of aromatic nitrogens is 4. The van der Waals surface area contributed by atoms with E-state index < -0.39 is 0 Å². The quantitative estimate of drug-likeness (QED) is 0.705. The Balaban J connectivity index is 1.78. The molecule has 0 amide bonds. The maximum absolute atomic E-state index is 5.54. The van der Waals surface area contributed by atoms with Crippen LogP contribution in [0.4, 0.5) is 0 Å². The topological polar surface area (TPSA) is 56.2 Å². The molecule has 0 atom stereocenters. The van der Waals surface area contributed by atoms with E-state index in [-0.39, 0.29) is 0 Å². The summed E-state index contributed by atoms with van der Waals surface area (Å²) in [5.41, 5.74) is 2.89. The summed E-state index contributed by atoms with van der Waals surface area (Å²) in [5, 5.41) is 4.08. The smallest absolute Gasteiger partial charge is 0.181 e. The third-order valence-corrected chi connectivity index (χ3v) is 3.36. The average molecular weight is 240 g/mol. The minimum absolute atomic E-state index is 0.797. The maximum Gasteiger partial charge on any atom is 0.181 e.